The molecule has 7 rings (SSSR count). The van der Waals surface area contributed by atoms with E-state index >= 15 is 0 Å². The number of carboxylic acids is 1. The second-order valence-corrected chi connectivity index (χ2v) is 11.6. The maximum Gasteiger partial charge on any atom is 0.303 e. The van der Waals surface area contributed by atoms with Gasteiger partial charge in [-0.2, -0.15) is 5.10 Å². The molecule has 0 spiro atoms. The van der Waals surface area contributed by atoms with Gasteiger partial charge in [-0.25, -0.2) is 9.07 Å². The fourth-order valence-corrected chi connectivity index (χ4v) is 8.27. The van der Waals surface area contributed by atoms with E-state index in [0.717, 1.165) is 50.9 Å². The molecular formula is C26H30ClFN4O3. The highest BCUT2D eigenvalue weighted by atomic mass is 35.5. The van der Waals surface area contributed by atoms with Crippen LogP contribution in [0.5, 0.6) is 0 Å². The number of aromatic nitrogens is 2. The lowest BCUT2D eigenvalue weighted by Crippen LogP contribution is -2.59. The average molecular weight is 501 g/mol. The molecule has 1 saturated heterocycles. The summed E-state index contributed by atoms with van der Waals surface area (Å²) in [5.41, 5.74) is 0.691. The van der Waals surface area contributed by atoms with Gasteiger partial charge in [0.15, 0.2) is 0 Å². The predicted octanol–water partition coefficient (Wildman–Crippen LogP) is 4.13. The molecule has 4 bridgehead atoms. The van der Waals surface area contributed by atoms with Crippen molar-refractivity contribution in [3.8, 4) is 0 Å². The van der Waals surface area contributed by atoms with Crippen LogP contribution in [0.15, 0.2) is 35.3 Å². The van der Waals surface area contributed by atoms with Gasteiger partial charge in [0.25, 0.3) is 5.56 Å². The molecule has 4 aliphatic carbocycles. The number of halogens is 2. The number of benzene rings is 1. The first-order valence-electron chi connectivity index (χ1n) is 12.5. The molecule has 0 radical (unpaired) electrons. The third kappa shape index (κ3) is 3.90. The number of carboxylic acid groups (broad SMARTS) is 1. The van der Waals surface area contributed by atoms with Crippen LogP contribution in [0.4, 0.5) is 15.8 Å². The van der Waals surface area contributed by atoms with E-state index in [0.29, 0.717) is 37.0 Å². The number of carbonyl (C=O) groups is 1. The lowest BCUT2D eigenvalue weighted by atomic mass is 9.46. The number of aliphatic carboxylic acids is 1. The van der Waals surface area contributed by atoms with Crippen LogP contribution >= 0.6 is 11.6 Å². The molecule has 1 aromatic carbocycles. The minimum Gasteiger partial charge on any atom is -0.481 e. The maximum absolute atomic E-state index is 13.6. The Morgan fingerprint density at radius 1 is 1.06 bits per heavy atom. The summed E-state index contributed by atoms with van der Waals surface area (Å²) in [5.74, 6) is -0.112. The number of hydrogen-bond donors (Lipinski definition) is 1. The second kappa shape index (κ2) is 8.22. The summed E-state index contributed by atoms with van der Waals surface area (Å²) in [6.07, 6.45) is 7.35. The van der Waals surface area contributed by atoms with E-state index in [1.54, 1.807) is 23.0 Å². The summed E-state index contributed by atoms with van der Waals surface area (Å²) in [6, 6.07) is 6.49. The smallest absolute Gasteiger partial charge is 0.303 e. The summed E-state index contributed by atoms with van der Waals surface area (Å²) < 4.78 is 14.9. The Bertz CT molecular complexity index is 1190. The quantitative estimate of drug-likeness (QED) is 0.665. The van der Waals surface area contributed by atoms with Gasteiger partial charge in [0.2, 0.25) is 0 Å². The van der Waals surface area contributed by atoms with Crippen LogP contribution < -0.4 is 15.4 Å². The first kappa shape index (κ1) is 22.8. The number of nitrogens with zero attached hydrogens (tertiary/aromatic N) is 4. The van der Waals surface area contributed by atoms with Crippen molar-refractivity contribution in [2.45, 2.75) is 50.5 Å². The van der Waals surface area contributed by atoms with E-state index in [9.17, 15) is 19.1 Å². The molecule has 2 atom stereocenters. The fourth-order valence-electron chi connectivity index (χ4n) is 8.02. The molecule has 4 saturated carbocycles. The average Bonchev–Trinajstić information content (AvgIpc) is 2.80. The van der Waals surface area contributed by atoms with Crippen molar-refractivity contribution < 1.29 is 14.3 Å². The number of rotatable bonds is 5. The van der Waals surface area contributed by atoms with Gasteiger partial charge in [-0.1, -0.05) is 11.6 Å². The molecule has 2 aromatic rings. The van der Waals surface area contributed by atoms with E-state index in [4.69, 9.17) is 11.6 Å². The molecule has 0 amide bonds. The molecule has 2 heterocycles. The lowest BCUT2D eigenvalue weighted by molar-refractivity contribution is -0.151. The summed E-state index contributed by atoms with van der Waals surface area (Å²) in [4.78, 5) is 29.5. The van der Waals surface area contributed by atoms with E-state index < -0.39 is 11.5 Å². The maximum atomic E-state index is 13.6. The molecule has 7 nitrogen and oxygen atoms in total. The van der Waals surface area contributed by atoms with Gasteiger partial charge in [0.1, 0.15) is 10.8 Å². The van der Waals surface area contributed by atoms with E-state index in [2.05, 4.69) is 14.9 Å². The van der Waals surface area contributed by atoms with Crippen molar-refractivity contribution in [1.82, 2.24) is 9.78 Å². The number of hydrogen-bond acceptors (Lipinski definition) is 5. The standard InChI is InChI=1S/C26H30ClFN4O3/c27-23-21(31-7-5-30(6-8-31)20-3-1-19(28)2-4-20)15-29-32(24(23)35)26-12-17-9-18(13-26)11-25(10-17,16-26)14-22(33)34/h1-4,15,17-18H,5-14,16H2,(H,33,34)/t17-,18-,25?,26?/m0/s1. The molecule has 0 unspecified atom stereocenters. The van der Waals surface area contributed by atoms with Gasteiger partial charge >= 0.3 is 5.97 Å². The lowest BCUT2D eigenvalue weighted by Gasteiger charge is -2.61. The molecule has 5 fully saturated rings. The summed E-state index contributed by atoms with van der Waals surface area (Å²) in [7, 11) is 0. The zero-order valence-corrected chi connectivity index (χ0v) is 20.4. The van der Waals surface area contributed by atoms with Crippen molar-refractivity contribution in [2.75, 3.05) is 36.0 Å². The largest absolute Gasteiger partial charge is 0.481 e. The Balaban J connectivity index is 1.24. The zero-order chi connectivity index (χ0) is 24.4. The number of anilines is 2. The molecule has 9 heteroatoms. The molecule has 5 aliphatic rings. The van der Waals surface area contributed by atoms with Crippen LogP contribution in [0.1, 0.15) is 44.9 Å². The molecule has 35 heavy (non-hydrogen) atoms. The summed E-state index contributed by atoms with van der Waals surface area (Å²) in [5, 5.41) is 14.4. The van der Waals surface area contributed by atoms with Crippen LogP contribution in [0.25, 0.3) is 0 Å². The second-order valence-electron chi connectivity index (χ2n) is 11.3. The number of piperazine rings is 1. The molecule has 186 valence electrons. The minimum atomic E-state index is -0.754. The van der Waals surface area contributed by atoms with Gasteiger partial charge in [0.05, 0.1) is 23.8 Å². The van der Waals surface area contributed by atoms with Crippen LogP contribution in [-0.2, 0) is 10.3 Å². The van der Waals surface area contributed by atoms with Crippen LogP contribution in [0.3, 0.4) is 0 Å². The first-order valence-corrected chi connectivity index (χ1v) is 12.9. The van der Waals surface area contributed by atoms with Crippen molar-refractivity contribution in [3.63, 3.8) is 0 Å². The fraction of sp³-hybridized carbons (Fsp3) is 0.577. The Labute approximate surface area is 208 Å². The Morgan fingerprint density at radius 3 is 2.31 bits per heavy atom. The predicted molar refractivity (Wildman–Crippen MR) is 132 cm³/mol. The van der Waals surface area contributed by atoms with Gasteiger partial charge in [-0.05, 0) is 80.0 Å². The van der Waals surface area contributed by atoms with Crippen molar-refractivity contribution in [3.05, 3.63) is 51.7 Å². The highest BCUT2D eigenvalue weighted by Crippen LogP contribution is 2.65. The SMILES string of the molecule is O=C(O)CC12C[C@@H]3C[C@@H](C1)CC(n1ncc(N4CCN(c5ccc(F)cc5)CC4)c(Cl)c1=O)(C3)C2. The Kier molecular flexibility index (Phi) is 5.36. The highest BCUT2D eigenvalue weighted by Gasteiger charge is 2.59. The van der Waals surface area contributed by atoms with Crippen LogP contribution in [0, 0.1) is 23.1 Å². The molecule has 1 N–H and O–H groups in total. The van der Waals surface area contributed by atoms with E-state index in [1.807, 2.05) is 0 Å². The first-order chi connectivity index (χ1) is 16.8. The van der Waals surface area contributed by atoms with Gasteiger partial charge in [-0.15, -0.1) is 0 Å². The van der Waals surface area contributed by atoms with Gasteiger partial charge < -0.3 is 14.9 Å². The third-order valence-electron chi connectivity index (χ3n) is 8.84. The van der Waals surface area contributed by atoms with Crippen LogP contribution in [-0.4, -0.2) is 47.0 Å². The van der Waals surface area contributed by atoms with Crippen molar-refractivity contribution in [2.24, 2.45) is 17.3 Å². The molecule has 1 aliphatic heterocycles. The zero-order valence-electron chi connectivity index (χ0n) is 19.6. The monoisotopic (exact) mass is 500 g/mol. The summed E-state index contributed by atoms with van der Waals surface area (Å²) in [6.45, 7) is 2.82. The minimum absolute atomic E-state index is 0.167. The normalized spacial score (nSPS) is 31.7. The summed E-state index contributed by atoms with van der Waals surface area (Å²) >= 11 is 6.70. The Morgan fingerprint density at radius 2 is 1.69 bits per heavy atom. The van der Waals surface area contributed by atoms with Crippen LogP contribution in [0.2, 0.25) is 5.02 Å². The topological polar surface area (TPSA) is 78.7 Å². The highest BCUT2D eigenvalue weighted by molar-refractivity contribution is 6.33. The van der Waals surface area contributed by atoms with Crippen molar-refractivity contribution in [1.29, 1.82) is 0 Å². The van der Waals surface area contributed by atoms with E-state index in [1.165, 1.54) is 12.1 Å². The third-order valence-corrected chi connectivity index (χ3v) is 9.19. The van der Waals surface area contributed by atoms with Crippen molar-refractivity contribution >= 4 is 28.9 Å². The molecule has 1 aromatic heterocycles. The Hall–Kier alpha value is -2.61. The van der Waals surface area contributed by atoms with E-state index in [-0.39, 0.29) is 28.2 Å². The molecular weight excluding hydrogens is 471 g/mol. The van der Waals surface area contributed by atoms with Gasteiger partial charge in [-0.3, -0.25) is 9.59 Å². The van der Waals surface area contributed by atoms with Gasteiger partial charge in [0, 0.05) is 31.9 Å².